The van der Waals surface area contributed by atoms with E-state index in [1.807, 2.05) is 13.8 Å². The topological polar surface area (TPSA) is 69.4 Å². The van der Waals surface area contributed by atoms with Crippen molar-refractivity contribution in [2.24, 2.45) is 0 Å². The van der Waals surface area contributed by atoms with Crippen LogP contribution in [0.15, 0.2) is 30.0 Å². The summed E-state index contributed by atoms with van der Waals surface area (Å²) in [7, 11) is 0. The Balaban J connectivity index is 1.89. The average Bonchev–Trinajstić information content (AvgIpc) is 2.97. The lowest BCUT2D eigenvalue weighted by Crippen LogP contribution is -2.26. The van der Waals surface area contributed by atoms with E-state index in [2.05, 4.69) is 9.72 Å². The molecule has 3 rings (SSSR count). The fourth-order valence-electron chi connectivity index (χ4n) is 2.45. The van der Waals surface area contributed by atoms with Gasteiger partial charge in [-0.3, -0.25) is 5.41 Å². The highest BCUT2D eigenvalue weighted by Crippen LogP contribution is 2.35. The molecule has 0 spiro atoms. The van der Waals surface area contributed by atoms with Gasteiger partial charge in [0, 0.05) is 16.6 Å². The van der Waals surface area contributed by atoms with Gasteiger partial charge in [-0.1, -0.05) is 6.07 Å². The number of hydrogen-bond acceptors (Lipinski definition) is 5. The molecule has 25 heavy (non-hydrogen) atoms. The predicted molar refractivity (Wildman–Crippen MR) is 89.3 cm³/mol. The molecule has 0 radical (unpaired) electrons. The number of halogens is 3. The lowest BCUT2D eigenvalue weighted by Gasteiger charge is -2.19. The molecular formula is C16H14F3N3O2S. The number of nitrogens with one attached hydrogen (secondary N) is 1. The number of anilines is 1. The molecule has 1 aliphatic heterocycles. The van der Waals surface area contributed by atoms with Crippen molar-refractivity contribution in [1.29, 1.82) is 5.41 Å². The summed E-state index contributed by atoms with van der Waals surface area (Å²) in [6, 6.07) is 5.30. The zero-order valence-corrected chi connectivity index (χ0v) is 14.1. The van der Waals surface area contributed by atoms with Gasteiger partial charge in [-0.2, -0.15) is 0 Å². The number of alkyl halides is 3. The van der Waals surface area contributed by atoms with Crippen LogP contribution in [0.5, 0.6) is 5.75 Å². The van der Waals surface area contributed by atoms with E-state index in [1.165, 1.54) is 34.4 Å². The Bertz CT molecular complexity index is 854. The largest absolute Gasteiger partial charge is 0.573 e. The Kier molecular flexibility index (Phi) is 4.19. The minimum Gasteiger partial charge on any atom is -0.510 e. The molecule has 0 aliphatic carbocycles. The van der Waals surface area contributed by atoms with Crippen LogP contribution >= 0.6 is 11.3 Å². The SMILES string of the molecule is Cc1nc(C2=C(O)CN(c3cccc(OC(F)(F)F)c3)C2=N)sc1C. The van der Waals surface area contributed by atoms with Crippen molar-refractivity contribution in [2.75, 3.05) is 11.4 Å². The zero-order valence-electron chi connectivity index (χ0n) is 13.3. The van der Waals surface area contributed by atoms with Crippen molar-refractivity contribution in [2.45, 2.75) is 20.2 Å². The third-order valence-electron chi connectivity index (χ3n) is 3.71. The molecule has 0 fully saturated rings. The average molecular weight is 369 g/mol. The first kappa shape index (κ1) is 17.3. The first-order chi connectivity index (χ1) is 11.7. The van der Waals surface area contributed by atoms with E-state index in [1.54, 1.807) is 6.07 Å². The van der Waals surface area contributed by atoms with Crippen LogP contribution in [0.1, 0.15) is 15.6 Å². The number of aliphatic hydroxyl groups is 1. The summed E-state index contributed by atoms with van der Waals surface area (Å²) >= 11 is 1.36. The van der Waals surface area contributed by atoms with Crippen LogP contribution in [0.3, 0.4) is 0 Å². The van der Waals surface area contributed by atoms with E-state index in [0.717, 1.165) is 10.6 Å². The van der Waals surface area contributed by atoms with Crippen LogP contribution in [0.4, 0.5) is 18.9 Å². The van der Waals surface area contributed by atoms with Crippen LogP contribution < -0.4 is 9.64 Å². The fraction of sp³-hybridized carbons (Fsp3) is 0.250. The molecule has 0 amide bonds. The normalized spacial score (nSPS) is 15.2. The Morgan fingerprint density at radius 3 is 2.64 bits per heavy atom. The van der Waals surface area contributed by atoms with Crippen molar-refractivity contribution in [1.82, 2.24) is 4.98 Å². The minimum absolute atomic E-state index is 0.0126. The van der Waals surface area contributed by atoms with E-state index in [-0.39, 0.29) is 23.9 Å². The Morgan fingerprint density at radius 2 is 2.04 bits per heavy atom. The Hall–Kier alpha value is -2.55. The van der Waals surface area contributed by atoms with Crippen LogP contribution in [-0.2, 0) is 0 Å². The summed E-state index contributed by atoms with van der Waals surface area (Å²) in [4.78, 5) is 6.72. The van der Waals surface area contributed by atoms with Gasteiger partial charge in [-0.15, -0.1) is 24.5 Å². The van der Waals surface area contributed by atoms with E-state index in [9.17, 15) is 18.3 Å². The highest BCUT2D eigenvalue weighted by molar-refractivity contribution is 7.13. The number of benzene rings is 1. The monoisotopic (exact) mass is 369 g/mol. The molecule has 0 saturated heterocycles. The maximum Gasteiger partial charge on any atom is 0.573 e. The second-order valence-electron chi connectivity index (χ2n) is 5.46. The molecule has 1 aromatic carbocycles. The molecule has 0 unspecified atom stereocenters. The molecule has 2 heterocycles. The number of nitrogens with zero attached hydrogens (tertiary/aromatic N) is 2. The number of rotatable bonds is 3. The van der Waals surface area contributed by atoms with Crippen molar-refractivity contribution in [3.63, 3.8) is 0 Å². The standard InChI is InChI=1S/C16H14F3N3O2S/c1-8-9(2)25-15(21-8)13-12(23)7-22(14(13)20)10-4-3-5-11(6-10)24-16(17,18)19/h3-6,20,23H,7H2,1-2H3. The number of aliphatic hydroxyl groups excluding tert-OH is 1. The lowest BCUT2D eigenvalue weighted by atomic mass is 10.2. The second-order valence-corrected chi connectivity index (χ2v) is 6.67. The molecule has 2 N–H and O–H groups in total. The second kappa shape index (κ2) is 6.07. The third-order valence-corrected chi connectivity index (χ3v) is 4.80. The molecule has 0 bridgehead atoms. The van der Waals surface area contributed by atoms with Gasteiger partial charge in [-0.25, -0.2) is 4.98 Å². The maximum atomic E-state index is 12.4. The minimum atomic E-state index is -4.79. The van der Waals surface area contributed by atoms with Gasteiger partial charge >= 0.3 is 6.36 Å². The highest BCUT2D eigenvalue weighted by atomic mass is 32.1. The third kappa shape index (κ3) is 3.46. The number of thiazole rings is 1. The van der Waals surface area contributed by atoms with Crippen molar-refractivity contribution >= 4 is 28.4 Å². The van der Waals surface area contributed by atoms with Crippen LogP contribution in [0.25, 0.3) is 5.57 Å². The van der Waals surface area contributed by atoms with E-state index in [0.29, 0.717) is 16.3 Å². The molecule has 1 aromatic heterocycles. The summed E-state index contributed by atoms with van der Waals surface area (Å²) in [6.45, 7) is 3.71. The zero-order chi connectivity index (χ0) is 18.4. The highest BCUT2D eigenvalue weighted by Gasteiger charge is 2.33. The molecular weight excluding hydrogens is 355 g/mol. The Labute approximate surface area is 145 Å². The van der Waals surface area contributed by atoms with E-state index >= 15 is 0 Å². The number of ether oxygens (including phenoxy) is 1. The number of aromatic nitrogens is 1. The maximum absolute atomic E-state index is 12.4. The summed E-state index contributed by atoms with van der Waals surface area (Å²) in [5.74, 6) is -0.442. The van der Waals surface area contributed by atoms with Crippen molar-refractivity contribution in [3.05, 3.63) is 45.6 Å². The van der Waals surface area contributed by atoms with E-state index in [4.69, 9.17) is 5.41 Å². The first-order valence-corrected chi connectivity index (χ1v) is 8.06. The molecule has 9 heteroatoms. The van der Waals surface area contributed by atoms with Gasteiger partial charge in [0.15, 0.2) is 0 Å². The van der Waals surface area contributed by atoms with Crippen molar-refractivity contribution < 1.29 is 23.0 Å². The molecule has 132 valence electrons. The molecule has 1 aliphatic rings. The fourth-order valence-corrected chi connectivity index (χ4v) is 3.44. The summed E-state index contributed by atoms with van der Waals surface area (Å²) < 4.78 is 41.0. The number of hydrogen-bond donors (Lipinski definition) is 2. The molecule has 0 atom stereocenters. The number of amidine groups is 1. The van der Waals surface area contributed by atoms with Crippen LogP contribution in [0, 0.1) is 19.3 Å². The summed E-state index contributed by atoms with van der Waals surface area (Å²) in [5.41, 5.74) is 1.42. The van der Waals surface area contributed by atoms with Gasteiger partial charge in [0.1, 0.15) is 22.4 Å². The van der Waals surface area contributed by atoms with Crippen LogP contribution in [-0.4, -0.2) is 28.8 Å². The van der Waals surface area contributed by atoms with E-state index < -0.39 is 6.36 Å². The van der Waals surface area contributed by atoms with Crippen LogP contribution in [0.2, 0.25) is 0 Å². The summed E-state index contributed by atoms with van der Waals surface area (Å²) in [6.07, 6.45) is -4.79. The Morgan fingerprint density at radius 1 is 1.32 bits per heavy atom. The van der Waals surface area contributed by atoms with Gasteiger partial charge in [-0.05, 0) is 26.0 Å². The predicted octanol–water partition coefficient (Wildman–Crippen LogP) is 4.43. The first-order valence-electron chi connectivity index (χ1n) is 7.24. The smallest absolute Gasteiger partial charge is 0.510 e. The van der Waals surface area contributed by atoms with Gasteiger partial charge < -0.3 is 14.7 Å². The van der Waals surface area contributed by atoms with Crippen molar-refractivity contribution in [3.8, 4) is 5.75 Å². The van der Waals surface area contributed by atoms with Gasteiger partial charge in [0.25, 0.3) is 0 Å². The molecule has 0 saturated carbocycles. The quantitative estimate of drug-likeness (QED) is 0.840. The van der Waals surface area contributed by atoms with Gasteiger partial charge in [0.2, 0.25) is 0 Å². The molecule has 2 aromatic rings. The number of aryl methyl sites for hydroxylation is 2. The molecule has 5 nitrogen and oxygen atoms in total. The summed E-state index contributed by atoms with van der Waals surface area (Å²) in [5, 5.41) is 19.1. The lowest BCUT2D eigenvalue weighted by molar-refractivity contribution is -0.274. The van der Waals surface area contributed by atoms with Gasteiger partial charge in [0.05, 0.1) is 17.8 Å².